The fraction of sp³-hybridized carbons (Fsp3) is 0.781. The van der Waals surface area contributed by atoms with Gasteiger partial charge in [0.25, 0.3) is 0 Å². The molecule has 0 saturated heterocycles. The number of nitrogens with zero attached hydrogens (tertiary/aromatic N) is 1. The van der Waals surface area contributed by atoms with Gasteiger partial charge in [-0.2, -0.15) is 0 Å². The van der Waals surface area contributed by atoms with Crippen molar-refractivity contribution < 1.29 is 24.2 Å². The van der Waals surface area contributed by atoms with Crippen LogP contribution in [0.3, 0.4) is 0 Å². The first-order chi connectivity index (χ1) is 17.6. The van der Waals surface area contributed by atoms with E-state index in [0.717, 1.165) is 32.1 Å². The van der Waals surface area contributed by atoms with Crippen molar-refractivity contribution in [3.05, 3.63) is 29.6 Å². The highest BCUT2D eigenvalue weighted by atomic mass is 16.5. The zero-order valence-electron chi connectivity index (χ0n) is 24.8. The summed E-state index contributed by atoms with van der Waals surface area (Å²) in [5.74, 6) is 0.420. The van der Waals surface area contributed by atoms with E-state index in [9.17, 15) is 14.7 Å². The molecular formula is C32H49NO5. The normalized spacial score (nSPS) is 35.2. The lowest BCUT2D eigenvalue weighted by Crippen LogP contribution is -2.54. The van der Waals surface area contributed by atoms with Crippen molar-refractivity contribution in [3.63, 3.8) is 0 Å². The molecule has 212 valence electrons. The number of rotatable bonds is 5. The lowest BCUT2D eigenvalue weighted by molar-refractivity contribution is -0.172. The van der Waals surface area contributed by atoms with E-state index in [0.29, 0.717) is 18.9 Å². The Morgan fingerprint density at radius 1 is 1.03 bits per heavy atom. The van der Waals surface area contributed by atoms with E-state index in [1.54, 1.807) is 0 Å². The molecule has 1 aromatic rings. The van der Waals surface area contributed by atoms with Gasteiger partial charge in [-0.3, -0.25) is 14.6 Å². The number of ether oxygens (including phenoxy) is 2. The molecule has 0 spiro atoms. The third-order valence-electron chi connectivity index (χ3n) is 10.2. The lowest BCUT2D eigenvalue weighted by atomic mass is 9.49. The van der Waals surface area contributed by atoms with Crippen molar-refractivity contribution in [2.24, 2.45) is 39.9 Å². The van der Waals surface area contributed by atoms with Crippen LogP contribution in [0.4, 0.5) is 0 Å². The summed E-state index contributed by atoms with van der Waals surface area (Å²) in [6, 6.07) is 4.21. The van der Waals surface area contributed by atoms with Gasteiger partial charge < -0.3 is 14.6 Å². The average Bonchev–Trinajstić information content (AvgIpc) is 3.14. The van der Waals surface area contributed by atoms with E-state index in [2.05, 4.69) is 19.9 Å². The highest BCUT2D eigenvalue weighted by Crippen LogP contribution is 2.61. The molecule has 4 rings (SSSR count). The lowest BCUT2D eigenvalue weighted by Gasteiger charge is -2.56. The molecule has 3 aliphatic rings. The molecule has 0 aliphatic heterocycles. The number of aromatic nitrogens is 1. The van der Waals surface area contributed by atoms with E-state index in [-0.39, 0.29) is 53.2 Å². The van der Waals surface area contributed by atoms with Crippen molar-refractivity contribution >= 4 is 11.9 Å². The summed E-state index contributed by atoms with van der Waals surface area (Å²) in [4.78, 5) is 30.3. The van der Waals surface area contributed by atoms with Crippen molar-refractivity contribution in [1.82, 2.24) is 4.98 Å². The number of aliphatic hydroxyl groups excluding tert-OH is 1. The van der Waals surface area contributed by atoms with Gasteiger partial charge in [0, 0.05) is 29.8 Å². The van der Waals surface area contributed by atoms with Crippen LogP contribution in [0.2, 0.25) is 0 Å². The third-order valence-corrected chi connectivity index (χ3v) is 10.2. The molecule has 38 heavy (non-hydrogen) atoms. The number of hydrogen-bond acceptors (Lipinski definition) is 6. The summed E-state index contributed by atoms with van der Waals surface area (Å²) in [6.07, 6.45) is 7.04. The first-order valence-corrected chi connectivity index (χ1v) is 14.5. The molecule has 6 heteroatoms. The molecule has 0 bridgehead atoms. The maximum atomic E-state index is 12.8. The Labute approximate surface area is 229 Å². The van der Waals surface area contributed by atoms with Gasteiger partial charge in [0.15, 0.2) is 0 Å². The Hall–Kier alpha value is -1.95. The molecule has 2 saturated carbocycles. The van der Waals surface area contributed by atoms with Gasteiger partial charge in [0.1, 0.15) is 6.10 Å². The quantitative estimate of drug-likeness (QED) is 0.481. The van der Waals surface area contributed by atoms with Gasteiger partial charge in [-0.1, -0.05) is 19.9 Å². The van der Waals surface area contributed by atoms with Crippen LogP contribution in [0.5, 0.6) is 0 Å². The Bertz CT molecular complexity index is 1040. The second-order valence-corrected chi connectivity index (χ2v) is 14.8. The molecule has 1 heterocycles. The van der Waals surface area contributed by atoms with E-state index in [1.807, 2.05) is 53.8 Å². The molecule has 3 aliphatic carbocycles. The Morgan fingerprint density at radius 3 is 2.34 bits per heavy atom. The first kappa shape index (κ1) is 29.0. The Kier molecular flexibility index (Phi) is 7.81. The fourth-order valence-electron chi connectivity index (χ4n) is 7.66. The number of pyridine rings is 1. The topological polar surface area (TPSA) is 85.7 Å². The van der Waals surface area contributed by atoms with Crippen LogP contribution in [0, 0.1) is 39.9 Å². The minimum Gasteiger partial charge on any atom is -0.465 e. The number of esters is 2. The van der Waals surface area contributed by atoms with Crippen LogP contribution in [0.1, 0.15) is 98.8 Å². The highest BCUT2D eigenvalue weighted by molar-refractivity contribution is 5.76. The zero-order chi connectivity index (χ0) is 28.1. The maximum Gasteiger partial charge on any atom is 0.311 e. The molecule has 1 aromatic heterocycles. The van der Waals surface area contributed by atoms with E-state index >= 15 is 0 Å². The molecule has 7 atom stereocenters. The summed E-state index contributed by atoms with van der Waals surface area (Å²) in [5.41, 5.74) is 1.23. The van der Waals surface area contributed by atoms with Crippen LogP contribution < -0.4 is 0 Å². The van der Waals surface area contributed by atoms with Gasteiger partial charge in [-0.15, -0.1) is 0 Å². The van der Waals surface area contributed by atoms with Crippen molar-refractivity contribution in [2.45, 2.75) is 105 Å². The Morgan fingerprint density at radius 2 is 1.71 bits per heavy atom. The van der Waals surface area contributed by atoms with Crippen LogP contribution in [0.15, 0.2) is 18.3 Å². The molecule has 2 fully saturated rings. The van der Waals surface area contributed by atoms with Crippen molar-refractivity contribution in [2.75, 3.05) is 13.2 Å². The van der Waals surface area contributed by atoms with Gasteiger partial charge in [0.2, 0.25) is 0 Å². The molecule has 1 N–H and O–H groups in total. The molecule has 0 unspecified atom stereocenters. The largest absolute Gasteiger partial charge is 0.465 e. The molecule has 0 radical (unpaired) electrons. The number of hydrogen-bond donors (Lipinski definition) is 1. The number of carbonyl (C=O) groups is 2. The van der Waals surface area contributed by atoms with E-state index < -0.39 is 10.8 Å². The minimum absolute atomic E-state index is 0.0233. The summed E-state index contributed by atoms with van der Waals surface area (Å²) in [6.45, 7) is 16.4. The number of fused-ring (bicyclic) bond motifs is 3. The minimum atomic E-state index is -0.577. The smallest absolute Gasteiger partial charge is 0.311 e. The molecular weight excluding hydrogens is 478 g/mol. The van der Waals surface area contributed by atoms with Crippen LogP contribution in [-0.4, -0.2) is 41.3 Å². The summed E-state index contributed by atoms with van der Waals surface area (Å²) in [7, 11) is 0. The second kappa shape index (κ2) is 10.2. The van der Waals surface area contributed by atoms with Crippen LogP contribution >= 0.6 is 0 Å². The van der Waals surface area contributed by atoms with Crippen molar-refractivity contribution in [1.29, 1.82) is 0 Å². The van der Waals surface area contributed by atoms with Crippen LogP contribution in [0.25, 0.3) is 0 Å². The summed E-state index contributed by atoms with van der Waals surface area (Å²) < 4.78 is 11.9. The highest BCUT2D eigenvalue weighted by Gasteiger charge is 2.58. The summed E-state index contributed by atoms with van der Waals surface area (Å²) in [5, 5.41) is 10.8. The molecule has 0 aromatic carbocycles. The maximum absolute atomic E-state index is 12.8. The number of aliphatic hydroxyl groups is 1. The standard InChI is InChI=1S/C32H49NO5/c1-29(2,3)27(35)37-19-21-17-22(38-28(36)30(4,5)6)11-13-31(21,7)24-12-14-32(8)25(23(24)18-34)16-20-10-9-15-33-26(20)32/h9-10,15,21-25,34H,11-14,16-19H2,1-8H3/t21-,22+,23-,24+,25+,31+,32+/m1/s1. The predicted molar refractivity (Wildman–Crippen MR) is 147 cm³/mol. The third kappa shape index (κ3) is 5.26. The molecule has 6 nitrogen and oxygen atoms in total. The Balaban J connectivity index is 1.60. The van der Waals surface area contributed by atoms with Crippen LogP contribution in [-0.2, 0) is 30.9 Å². The number of carbonyl (C=O) groups excluding carboxylic acids is 2. The average molecular weight is 528 g/mol. The van der Waals surface area contributed by atoms with E-state index in [4.69, 9.17) is 14.5 Å². The van der Waals surface area contributed by atoms with Gasteiger partial charge in [-0.25, -0.2) is 0 Å². The zero-order valence-corrected chi connectivity index (χ0v) is 24.8. The van der Waals surface area contributed by atoms with Gasteiger partial charge in [-0.05, 0) is 115 Å². The summed E-state index contributed by atoms with van der Waals surface area (Å²) >= 11 is 0. The SMILES string of the molecule is CC(C)(C)C(=O)OC[C@H]1C[C@@H](OC(=O)C(C)(C)C)CC[C@]1(C)[C@H]1CC[C@]2(C)c3ncccc3C[C@H]2[C@@H]1CO. The van der Waals surface area contributed by atoms with Gasteiger partial charge in [0.05, 0.1) is 17.4 Å². The predicted octanol–water partition coefficient (Wildman–Crippen LogP) is 5.88. The second-order valence-electron chi connectivity index (χ2n) is 14.8. The van der Waals surface area contributed by atoms with Gasteiger partial charge >= 0.3 is 11.9 Å². The molecule has 0 amide bonds. The first-order valence-electron chi connectivity index (χ1n) is 14.5. The van der Waals surface area contributed by atoms with Crippen molar-refractivity contribution in [3.8, 4) is 0 Å². The van der Waals surface area contributed by atoms with E-state index in [1.165, 1.54) is 11.3 Å². The fourth-order valence-corrected chi connectivity index (χ4v) is 7.66. The monoisotopic (exact) mass is 527 g/mol.